The predicted octanol–water partition coefficient (Wildman–Crippen LogP) is 4.87. The Morgan fingerprint density at radius 1 is 1.00 bits per heavy atom. The normalized spacial score (nSPS) is 11.2. The Kier molecular flexibility index (Phi) is 3.30. The zero-order chi connectivity index (χ0) is 12.6. The standard InChI is InChI=1S/C15H18ClN/c1-10(2)14-8-7-13(16)9-15(14)17-11(3)5-6-12(17)4/h5-10H,1-4H3. The van der Waals surface area contributed by atoms with Gasteiger partial charge in [0.2, 0.25) is 0 Å². The number of hydrogen-bond acceptors (Lipinski definition) is 0. The third-order valence-corrected chi connectivity index (χ3v) is 3.36. The van der Waals surface area contributed by atoms with Crippen molar-refractivity contribution in [3.8, 4) is 5.69 Å². The lowest BCUT2D eigenvalue weighted by atomic mass is 10.0. The number of aryl methyl sites for hydroxylation is 2. The van der Waals surface area contributed by atoms with Crippen LogP contribution in [0, 0.1) is 13.8 Å². The first-order chi connectivity index (χ1) is 8.00. The first kappa shape index (κ1) is 12.3. The SMILES string of the molecule is Cc1ccc(C)n1-c1cc(Cl)ccc1C(C)C. The summed E-state index contributed by atoms with van der Waals surface area (Å²) in [4.78, 5) is 0. The Bertz CT molecular complexity index is 518. The Morgan fingerprint density at radius 2 is 1.59 bits per heavy atom. The summed E-state index contributed by atoms with van der Waals surface area (Å²) in [6, 6.07) is 10.4. The average Bonchev–Trinajstić information content (AvgIpc) is 2.58. The van der Waals surface area contributed by atoms with Crippen molar-refractivity contribution in [2.75, 3.05) is 0 Å². The van der Waals surface area contributed by atoms with Crippen molar-refractivity contribution in [3.05, 3.63) is 52.3 Å². The number of aromatic nitrogens is 1. The maximum Gasteiger partial charge on any atom is 0.0504 e. The van der Waals surface area contributed by atoms with Crippen molar-refractivity contribution >= 4 is 11.6 Å². The molecule has 1 aromatic carbocycles. The highest BCUT2D eigenvalue weighted by molar-refractivity contribution is 6.30. The van der Waals surface area contributed by atoms with Crippen LogP contribution in [-0.4, -0.2) is 4.57 Å². The summed E-state index contributed by atoms with van der Waals surface area (Å²) >= 11 is 6.13. The molecule has 0 N–H and O–H groups in total. The molecule has 90 valence electrons. The van der Waals surface area contributed by atoms with Gasteiger partial charge in [-0.15, -0.1) is 0 Å². The summed E-state index contributed by atoms with van der Waals surface area (Å²) in [5.74, 6) is 0.489. The Morgan fingerprint density at radius 3 is 2.12 bits per heavy atom. The van der Waals surface area contributed by atoms with E-state index in [9.17, 15) is 0 Å². The van der Waals surface area contributed by atoms with E-state index in [1.807, 2.05) is 6.07 Å². The zero-order valence-electron chi connectivity index (χ0n) is 10.8. The zero-order valence-corrected chi connectivity index (χ0v) is 11.5. The van der Waals surface area contributed by atoms with Gasteiger partial charge in [0.15, 0.2) is 0 Å². The van der Waals surface area contributed by atoms with E-state index in [0.717, 1.165) is 5.02 Å². The van der Waals surface area contributed by atoms with Gasteiger partial charge in [-0.2, -0.15) is 0 Å². The van der Waals surface area contributed by atoms with Gasteiger partial charge in [-0.25, -0.2) is 0 Å². The fourth-order valence-electron chi connectivity index (χ4n) is 2.25. The molecule has 2 aromatic rings. The first-order valence-electron chi connectivity index (χ1n) is 5.95. The van der Waals surface area contributed by atoms with Crippen LogP contribution in [0.5, 0.6) is 0 Å². The largest absolute Gasteiger partial charge is 0.318 e. The molecule has 1 nitrogen and oxygen atoms in total. The summed E-state index contributed by atoms with van der Waals surface area (Å²) in [7, 11) is 0. The molecule has 1 aromatic heterocycles. The van der Waals surface area contributed by atoms with E-state index in [4.69, 9.17) is 11.6 Å². The molecular formula is C15H18ClN. The molecule has 1 heterocycles. The van der Waals surface area contributed by atoms with Crippen molar-refractivity contribution in [2.45, 2.75) is 33.6 Å². The fraction of sp³-hybridized carbons (Fsp3) is 0.333. The summed E-state index contributed by atoms with van der Waals surface area (Å²) in [6.07, 6.45) is 0. The second kappa shape index (κ2) is 4.58. The first-order valence-corrected chi connectivity index (χ1v) is 6.33. The second-order valence-corrected chi connectivity index (χ2v) is 5.25. The van der Waals surface area contributed by atoms with E-state index in [1.165, 1.54) is 22.6 Å². The molecule has 2 heteroatoms. The van der Waals surface area contributed by atoms with Gasteiger partial charge in [0, 0.05) is 16.4 Å². The van der Waals surface area contributed by atoms with Crippen molar-refractivity contribution in [1.29, 1.82) is 0 Å². The summed E-state index contributed by atoms with van der Waals surface area (Å²) < 4.78 is 2.27. The van der Waals surface area contributed by atoms with E-state index in [-0.39, 0.29) is 0 Å². The van der Waals surface area contributed by atoms with Gasteiger partial charge >= 0.3 is 0 Å². The van der Waals surface area contributed by atoms with Gasteiger partial charge in [0.1, 0.15) is 0 Å². The van der Waals surface area contributed by atoms with Crippen LogP contribution in [0.3, 0.4) is 0 Å². The van der Waals surface area contributed by atoms with Crippen LogP contribution in [0.2, 0.25) is 5.02 Å². The molecule has 0 atom stereocenters. The average molecular weight is 248 g/mol. The van der Waals surface area contributed by atoms with Crippen LogP contribution in [0.4, 0.5) is 0 Å². The molecule has 0 aliphatic carbocycles. The lowest BCUT2D eigenvalue weighted by molar-refractivity contribution is 0.835. The number of rotatable bonds is 2. The van der Waals surface area contributed by atoms with Crippen molar-refractivity contribution in [2.24, 2.45) is 0 Å². The van der Waals surface area contributed by atoms with E-state index in [0.29, 0.717) is 5.92 Å². The third kappa shape index (κ3) is 2.25. The van der Waals surface area contributed by atoms with Crippen molar-refractivity contribution in [1.82, 2.24) is 4.57 Å². The molecule has 0 aliphatic rings. The summed E-state index contributed by atoms with van der Waals surface area (Å²) in [5.41, 5.74) is 5.02. The maximum atomic E-state index is 6.13. The smallest absolute Gasteiger partial charge is 0.0504 e. The van der Waals surface area contributed by atoms with Gasteiger partial charge in [0.05, 0.1) is 5.69 Å². The van der Waals surface area contributed by atoms with Gasteiger partial charge < -0.3 is 4.57 Å². The highest BCUT2D eigenvalue weighted by Crippen LogP contribution is 2.28. The Labute approximate surface area is 108 Å². The lowest BCUT2D eigenvalue weighted by Gasteiger charge is -2.17. The minimum absolute atomic E-state index is 0.489. The minimum atomic E-state index is 0.489. The van der Waals surface area contributed by atoms with Crippen LogP contribution in [0.25, 0.3) is 5.69 Å². The van der Waals surface area contributed by atoms with Crippen LogP contribution < -0.4 is 0 Å². The van der Waals surface area contributed by atoms with Gasteiger partial charge in [-0.05, 0) is 49.6 Å². The van der Waals surface area contributed by atoms with Crippen LogP contribution in [-0.2, 0) is 0 Å². The highest BCUT2D eigenvalue weighted by Gasteiger charge is 2.12. The quantitative estimate of drug-likeness (QED) is 0.714. The number of benzene rings is 1. The molecule has 0 bridgehead atoms. The fourth-order valence-corrected chi connectivity index (χ4v) is 2.41. The van der Waals surface area contributed by atoms with Gasteiger partial charge in [-0.1, -0.05) is 31.5 Å². The van der Waals surface area contributed by atoms with E-state index >= 15 is 0 Å². The number of halogens is 1. The minimum Gasteiger partial charge on any atom is -0.318 e. The molecule has 0 amide bonds. The summed E-state index contributed by atoms with van der Waals surface area (Å²) in [5, 5.41) is 0.789. The van der Waals surface area contributed by atoms with Crippen LogP contribution in [0.15, 0.2) is 30.3 Å². The lowest BCUT2D eigenvalue weighted by Crippen LogP contribution is -2.04. The third-order valence-electron chi connectivity index (χ3n) is 3.13. The molecule has 0 radical (unpaired) electrons. The Balaban J connectivity index is 2.69. The molecule has 0 spiro atoms. The molecule has 2 rings (SSSR count). The molecule has 0 unspecified atom stereocenters. The molecular weight excluding hydrogens is 230 g/mol. The maximum absolute atomic E-state index is 6.13. The van der Waals surface area contributed by atoms with E-state index in [1.54, 1.807) is 0 Å². The predicted molar refractivity (Wildman–Crippen MR) is 74.3 cm³/mol. The van der Waals surface area contributed by atoms with E-state index < -0.39 is 0 Å². The van der Waals surface area contributed by atoms with Crippen molar-refractivity contribution < 1.29 is 0 Å². The number of nitrogens with zero attached hydrogens (tertiary/aromatic N) is 1. The molecule has 17 heavy (non-hydrogen) atoms. The van der Waals surface area contributed by atoms with Crippen LogP contribution >= 0.6 is 11.6 Å². The second-order valence-electron chi connectivity index (χ2n) is 4.81. The number of hydrogen-bond donors (Lipinski definition) is 0. The molecule has 0 fully saturated rings. The molecule has 0 aliphatic heterocycles. The summed E-state index contributed by atoms with van der Waals surface area (Å²) in [6.45, 7) is 8.66. The highest BCUT2D eigenvalue weighted by atomic mass is 35.5. The molecule has 0 saturated carbocycles. The molecule has 0 saturated heterocycles. The Hall–Kier alpha value is -1.21. The topological polar surface area (TPSA) is 4.93 Å². The monoisotopic (exact) mass is 247 g/mol. The van der Waals surface area contributed by atoms with Crippen LogP contribution in [0.1, 0.15) is 36.7 Å². The van der Waals surface area contributed by atoms with Crippen molar-refractivity contribution in [3.63, 3.8) is 0 Å². The van der Waals surface area contributed by atoms with E-state index in [2.05, 4.69) is 56.5 Å². The van der Waals surface area contributed by atoms with Gasteiger partial charge in [-0.3, -0.25) is 0 Å². The van der Waals surface area contributed by atoms with Gasteiger partial charge in [0.25, 0.3) is 0 Å².